The first-order chi connectivity index (χ1) is 12.4. The molecular formula is C18H25N3O4S. The molecule has 142 valence electrons. The number of nitrogens with one attached hydrogen (secondary N) is 1. The van der Waals surface area contributed by atoms with Gasteiger partial charge in [-0.05, 0) is 37.1 Å². The number of benzene rings is 1. The molecule has 0 radical (unpaired) electrons. The summed E-state index contributed by atoms with van der Waals surface area (Å²) in [5, 5.41) is 2.60. The van der Waals surface area contributed by atoms with Crippen molar-refractivity contribution in [2.45, 2.75) is 50.0 Å². The average Bonchev–Trinajstić information content (AvgIpc) is 2.62. The number of amides is 2. The van der Waals surface area contributed by atoms with Gasteiger partial charge >= 0.3 is 0 Å². The number of sulfonamides is 1. The van der Waals surface area contributed by atoms with Crippen LogP contribution >= 0.6 is 0 Å². The number of nitrogens with zero attached hydrogens (tertiary/aromatic N) is 2. The molecular weight excluding hydrogens is 354 g/mol. The molecule has 0 spiro atoms. The average molecular weight is 379 g/mol. The van der Waals surface area contributed by atoms with Gasteiger partial charge in [-0.1, -0.05) is 19.3 Å². The van der Waals surface area contributed by atoms with Gasteiger partial charge in [0.1, 0.15) is 0 Å². The Bertz CT molecular complexity index is 770. The van der Waals surface area contributed by atoms with Crippen molar-refractivity contribution in [3.05, 3.63) is 24.3 Å². The molecule has 0 unspecified atom stereocenters. The van der Waals surface area contributed by atoms with Gasteiger partial charge in [-0.2, -0.15) is 4.31 Å². The Morgan fingerprint density at radius 3 is 2.31 bits per heavy atom. The lowest BCUT2D eigenvalue weighted by Crippen LogP contribution is -2.55. The van der Waals surface area contributed by atoms with Crippen LogP contribution in [0.1, 0.15) is 39.0 Å². The zero-order chi connectivity index (χ0) is 18.7. The van der Waals surface area contributed by atoms with Crippen molar-refractivity contribution in [2.24, 2.45) is 0 Å². The van der Waals surface area contributed by atoms with Crippen LogP contribution in [-0.4, -0.2) is 55.1 Å². The summed E-state index contributed by atoms with van der Waals surface area (Å²) in [6, 6.07) is 6.28. The molecule has 1 aromatic rings. The van der Waals surface area contributed by atoms with Gasteiger partial charge in [0.05, 0.1) is 11.4 Å². The zero-order valence-corrected chi connectivity index (χ0v) is 15.8. The summed E-state index contributed by atoms with van der Waals surface area (Å²) in [6.07, 6.45) is 5.52. The first kappa shape index (κ1) is 18.8. The highest BCUT2D eigenvalue weighted by Crippen LogP contribution is 2.26. The minimum atomic E-state index is -3.72. The highest BCUT2D eigenvalue weighted by atomic mass is 32.2. The van der Waals surface area contributed by atoms with Crippen molar-refractivity contribution in [3.63, 3.8) is 0 Å². The minimum Gasteiger partial charge on any atom is -0.337 e. The second kappa shape index (κ2) is 7.75. The molecule has 8 heteroatoms. The van der Waals surface area contributed by atoms with E-state index in [-0.39, 0.29) is 29.3 Å². The van der Waals surface area contributed by atoms with E-state index < -0.39 is 10.0 Å². The molecule has 0 bridgehead atoms. The van der Waals surface area contributed by atoms with Crippen LogP contribution in [0.2, 0.25) is 0 Å². The summed E-state index contributed by atoms with van der Waals surface area (Å²) in [6.45, 7) is 2.05. The molecule has 1 aliphatic heterocycles. The molecule has 0 aromatic heterocycles. The topological polar surface area (TPSA) is 86.8 Å². The highest BCUT2D eigenvalue weighted by molar-refractivity contribution is 7.89. The monoisotopic (exact) mass is 379 g/mol. The van der Waals surface area contributed by atoms with E-state index in [1.165, 1.54) is 29.8 Å². The molecule has 0 atom stereocenters. The number of rotatable bonds is 4. The van der Waals surface area contributed by atoms with Crippen LogP contribution < -0.4 is 5.32 Å². The summed E-state index contributed by atoms with van der Waals surface area (Å²) in [5.74, 6) is -0.327. The van der Waals surface area contributed by atoms with E-state index in [0.29, 0.717) is 18.8 Å². The van der Waals surface area contributed by atoms with Gasteiger partial charge in [0, 0.05) is 31.7 Å². The van der Waals surface area contributed by atoms with Gasteiger partial charge < -0.3 is 10.2 Å². The zero-order valence-electron chi connectivity index (χ0n) is 15.0. The Balaban J connectivity index is 1.68. The van der Waals surface area contributed by atoms with Gasteiger partial charge in [0.15, 0.2) is 0 Å². The third kappa shape index (κ3) is 4.07. The standard InChI is InChI=1S/C18H25N3O4S/c1-14(22)19-15-7-9-17(10-8-15)26(24,25)20-11-12-21(18(23)13-20)16-5-3-2-4-6-16/h7-10,16H,2-6,11-13H2,1H3,(H,19,22). The predicted molar refractivity (Wildman–Crippen MR) is 98.1 cm³/mol. The molecule has 1 aliphatic carbocycles. The summed E-state index contributed by atoms with van der Waals surface area (Å²) in [7, 11) is -3.72. The molecule has 1 aromatic carbocycles. The lowest BCUT2D eigenvalue weighted by Gasteiger charge is -2.40. The maximum absolute atomic E-state index is 12.8. The Kier molecular flexibility index (Phi) is 5.62. The van der Waals surface area contributed by atoms with Crippen molar-refractivity contribution < 1.29 is 18.0 Å². The van der Waals surface area contributed by atoms with Crippen LogP contribution in [0.4, 0.5) is 5.69 Å². The van der Waals surface area contributed by atoms with Gasteiger partial charge in [-0.15, -0.1) is 0 Å². The number of carbonyl (C=O) groups is 2. The summed E-state index contributed by atoms with van der Waals surface area (Å²) < 4.78 is 26.9. The van der Waals surface area contributed by atoms with Crippen molar-refractivity contribution in [1.29, 1.82) is 0 Å². The molecule has 1 saturated carbocycles. The second-order valence-corrected chi connectivity index (χ2v) is 8.86. The Labute approximate surface area is 154 Å². The van der Waals surface area contributed by atoms with Gasteiger partial charge in [0.2, 0.25) is 21.8 Å². The largest absolute Gasteiger partial charge is 0.337 e. The number of carbonyl (C=O) groups excluding carboxylic acids is 2. The lowest BCUT2D eigenvalue weighted by molar-refractivity contribution is -0.137. The summed E-state index contributed by atoms with van der Waals surface area (Å²) >= 11 is 0. The van der Waals surface area contributed by atoms with E-state index in [1.54, 1.807) is 12.1 Å². The highest BCUT2D eigenvalue weighted by Gasteiger charge is 2.35. The van der Waals surface area contributed by atoms with E-state index in [4.69, 9.17) is 0 Å². The second-order valence-electron chi connectivity index (χ2n) is 6.92. The fraction of sp³-hybridized carbons (Fsp3) is 0.556. The van der Waals surface area contributed by atoms with Crippen LogP contribution in [-0.2, 0) is 19.6 Å². The van der Waals surface area contributed by atoms with Crippen LogP contribution in [0.3, 0.4) is 0 Å². The first-order valence-electron chi connectivity index (χ1n) is 9.05. The summed E-state index contributed by atoms with van der Waals surface area (Å²) in [5.41, 5.74) is 0.537. The fourth-order valence-corrected chi connectivity index (χ4v) is 5.09. The third-order valence-electron chi connectivity index (χ3n) is 5.05. The third-order valence-corrected chi connectivity index (χ3v) is 6.91. The molecule has 2 aliphatic rings. The van der Waals surface area contributed by atoms with E-state index in [9.17, 15) is 18.0 Å². The van der Waals surface area contributed by atoms with Gasteiger partial charge in [-0.25, -0.2) is 8.42 Å². The smallest absolute Gasteiger partial charge is 0.243 e. The van der Waals surface area contributed by atoms with Crippen molar-refractivity contribution in [2.75, 3.05) is 25.0 Å². The molecule has 7 nitrogen and oxygen atoms in total. The predicted octanol–water partition coefficient (Wildman–Crippen LogP) is 1.81. The Hall–Kier alpha value is -1.93. The van der Waals surface area contributed by atoms with Crippen LogP contribution in [0, 0.1) is 0 Å². The van der Waals surface area contributed by atoms with E-state index in [2.05, 4.69) is 5.32 Å². The van der Waals surface area contributed by atoms with E-state index >= 15 is 0 Å². The first-order valence-corrected chi connectivity index (χ1v) is 10.5. The maximum Gasteiger partial charge on any atom is 0.243 e. The number of hydrogen-bond donors (Lipinski definition) is 1. The quantitative estimate of drug-likeness (QED) is 0.864. The molecule has 3 rings (SSSR count). The SMILES string of the molecule is CC(=O)Nc1ccc(S(=O)(=O)N2CCN(C3CCCCC3)C(=O)C2)cc1. The van der Waals surface area contributed by atoms with Crippen molar-refractivity contribution in [3.8, 4) is 0 Å². The minimum absolute atomic E-state index is 0.105. The van der Waals surface area contributed by atoms with Crippen molar-refractivity contribution >= 4 is 27.5 Å². The van der Waals surface area contributed by atoms with Crippen LogP contribution in [0.15, 0.2) is 29.2 Å². The lowest BCUT2D eigenvalue weighted by atomic mass is 9.94. The number of piperazine rings is 1. The van der Waals surface area contributed by atoms with E-state index in [0.717, 1.165) is 25.7 Å². The van der Waals surface area contributed by atoms with Gasteiger partial charge in [-0.3, -0.25) is 9.59 Å². The molecule has 1 saturated heterocycles. The van der Waals surface area contributed by atoms with Crippen LogP contribution in [0.25, 0.3) is 0 Å². The fourth-order valence-electron chi connectivity index (χ4n) is 3.71. The molecule has 2 amide bonds. The normalized spacial score (nSPS) is 20.2. The van der Waals surface area contributed by atoms with E-state index in [1.807, 2.05) is 4.90 Å². The maximum atomic E-state index is 12.8. The number of hydrogen-bond acceptors (Lipinski definition) is 4. The number of anilines is 1. The van der Waals surface area contributed by atoms with Crippen molar-refractivity contribution in [1.82, 2.24) is 9.21 Å². The van der Waals surface area contributed by atoms with Crippen LogP contribution in [0.5, 0.6) is 0 Å². The Morgan fingerprint density at radius 1 is 1.08 bits per heavy atom. The molecule has 1 heterocycles. The summed E-state index contributed by atoms with van der Waals surface area (Å²) in [4.78, 5) is 25.6. The molecule has 26 heavy (non-hydrogen) atoms. The molecule has 2 fully saturated rings. The molecule has 1 N–H and O–H groups in total. The Morgan fingerprint density at radius 2 is 1.73 bits per heavy atom. The van der Waals surface area contributed by atoms with Gasteiger partial charge in [0.25, 0.3) is 0 Å².